The lowest BCUT2D eigenvalue weighted by atomic mass is 9.87. The van der Waals surface area contributed by atoms with Crippen LogP contribution < -0.4 is 10.1 Å². The number of fused-ring (bicyclic) bond motifs is 1. The summed E-state index contributed by atoms with van der Waals surface area (Å²) in [6.45, 7) is 3.43. The van der Waals surface area contributed by atoms with Crippen LogP contribution in [-0.2, 0) is 16.0 Å². The molecule has 182 valence electrons. The molecule has 3 aromatic rings. The fourth-order valence-corrected chi connectivity index (χ4v) is 4.50. The third-order valence-corrected chi connectivity index (χ3v) is 6.29. The van der Waals surface area contributed by atoms with Crippen molar-refractivity contribution in [2.75, 3.05) is 26.8 Å². The van der Waals surface area contributed by atoms with Gasteiger partial charge >= 0.3 is 0 Å². The number of ether oxygens (including phenoxy) is 2. The maximum absolute atomic E-state index is 13.5. The molecular weight excluding hydrogens is 440 g/mol. The summed E-state index contributed by atoms with van der Waals surface area (Å²) in [5, 5.41) is 2.85. The fraction of sp³-hybridized carbons (Fsp3) is 0.310. The second-order valence-electron chi connectivity index (χ2n) is 8.59. The quantitative estimate of drug-likeness (QED) is 0.469. The predicted molar refractivity (Wildman–Crippen MR) is 136 cm³/mol. The second kappa shape index (κ2) is 11.7. The molecule has 1 aliphatic rings. The Bertz CT molecular complexity index is 1130. The molecule has 6 heteroatoms. The number of hydrogen-bond acceptors (Lipinski definition) is 4. The number of nitrogens with zero attached hydrogens (tertiary/aromatic N) is 1. The van der Waals surface area contributed by atoms with Crippen molar-refractivity contribution < 1.29 is 19.1 Å². The van der Waals surface area contributed by atoms with Crippen LogP contribution in [0.4, 0.5) is 0 Å². The van der Waals surface area contributed by atoms with Gasteiger partial charge in [0, 0.05) is 25.8 Å². The number of hydrogen-bond donors (Lipinski definition) is 1. The summed E-state index contributed by atoms with van der Waals surface area (Å²) >= 11 is 0. The topological polar surface area (TPSA) is 67.9 Å². The van der Waals surface area contributed by atoms with Crippen molar-refractivity contribution in [3.8, 4) is 5.75 Å². The Morgan fingerprint density at radius 2 is 1.74 bits per heavy atom. The summed E-state index contributed by atoms with van der Waals surface area (Å²) in [6, 6.07) is 25.2. The van der Waals surface area contributed by atoms with Crippen molar-refractivity contribution in [1.29, 1.82) is 0 Å². The van der Waals surface area contributed by atoms with Crippen LogP contribution in [0.1, 0.15) is 46.4 Å². The van der Waals surface area contributed by atoms with Crippen molar-refractivity contribution in [1.82, 2.24) is 10.2 Å². The Balaban J connectivity index is 1.65. The highest BCUT2D eigenvalue weighted by molar-refractivity contribution is 5.95. The van der Waals surface area contributed by atoms with Gasteiger partial charge in [-0.3, -0.25) is 9.59 Å². The van der Waals surface area contributed by atoms with E-state index in [9.17, 15) is 9.59 Å². The van der Waals surface area contributed by atoms with Crippen LogP contribution >= 0.6 is 0 Å². The lowest BCUT2D eigenvalue weighted by Gasteiger charge is -2.38. The molecule has 0 aromatic heterocycles. The SMILES string of the molecule is CCC(Oc1ccc2c(c1)C(c1ccccc1)N(C(=O)c1ccccc1)CC2)C(=O)NCCOC. The monoisotopic (exact) mass is 472 g/mol. The zero-order chi connectivity index (χ0) is 24.6. The minimum atomic E-state index is -0.606. The van der Waals surface area contributed by atoms with Crippen LogP contribution in [0.5, 0.6) is 5.75 Å². The van der Waals surface area contributed by atoms with Gasteiger partial charge in [0.2, 0.25) is 0 Å². The number of methoxy groups -OCH3 is 1. The molecule has 0 aliphatic carbocycles. The highest BCUT2D eigenvalue weighted by atomic mass is 16.5. The third kappa shape index (κ3) is 5.72. The second-order valence-corrected chi connectivity index (χ2v) is 8.59. The van der Waals surface area contributed by atoms with Crippen molar-refractivity contribution in [3.63, 3.8) is 0 Å². The molecule has 0 spiro atoms. The van der Waals surface area contributed by atoms with Crippen LogP contribution in [0.25, 0.3) is 0 Å². The molecule has 2 atom stereocenters. The molecule has 0 bridgehead atoms. The maximum atomic E-state index is 13.5. The van der Waals surface area contributed by atoms with E-state index in [1.165, 1.54) is 5.56 Å². The standard InChI is InChI=1S/C29H32N2O4/c1-3-26(28(32)30-17-19-34-2)35-24-15-14-21-16-18-31(29(33)23-12-8-5-9-13-23)27(25(21)20-24)22-10-6-4-7-11-22/h4-15,20,26-27H,3,16-19H2,1-2H3,(H,30,32). The van der Waals surface area contributed by atoms with Crippen LogP contribution in [0.15, 0.2) is 78.9 Å². The van der Waals surface area contributed by atoms with Crippen LogP contribution in [0.2, 0.25) is 0 Å². The third-order valence-electron chi connectivity index (χ3n) is 6.29. The van der Waals surface area contributed by atoms with E-state index in [0.717, 1.165) is 17.5 Å². The summed E-state index contributed by atoms with van der Waals surface area (Å²) in [4.78, 5) is 28.1. The van der Waals surface area contributed by atoms with E-state index in [-0.39, 0.29) is 17.9 Å². The molecule has 2 amide bonds. The van der Waals surface area contributed by atoms with Gasteiger partial charge in [0.25, 0.3) is 11.8 Å². The van der Waals surface area contributed by atoms with E-state index in [1.54, 1.807) is 7.11 Å². The van der Waals surface area contributed by atoms with Gasteiger partial charge in [0.1, 0.15) is 5.75 Å². The Morgan fingerprint density at radius 1 is 1.03 bits per heavy atom. The van der Waals surface area contributed by atoms with Gasteiger partial charge in [0.05, 0.1) is 12.6 Å². The molecule has 35 heavy (non-hydrogen) atoms. The number of carbonyl (C=O) groups excluding carboxylic acids is 2. The first-order chi connectivity index (χ1) is 17.1. The van der Waals surface area contributed by atoms with Crippen molar-refractivity contribution in [3.05, 3.63) is 101 Å². The van der Waals surface area contributed by atoms with Crippen molar-refractivity contribution in [2.45, 2.75) is 31.9 Å². The van der Waals surface area contributed by atoms with Gasteiger partial charge in [-0.1, -0.05) is 61.5 Å². The molecule has 0 saturated carbocycles. The summed E-state index contributed by atoms with van der Waals surface area (Å²) in [7, 11) is 1.60. The molecular formula is C29H32N2O4. The lowest BCUT2D eigenvalue weighted by Crippen LogP contribution is -2.41. The Kier molecular flexibility index (Phi) is 8.16. The zero-order valence-electron chi connectivity index (χ0n) is 20.3. The summed E-state index contributed by atoms with van der Waals surface area (Å²) < 4.78 is 11.1. The Labute approximate surface area is 206 Å². The van der Waals surface area contributed by atoms with Crippen molar-refractivity contribution in [2.24, 2.45) is 0 Å². The van der Waals surface area contributed by atoms with E-state index in [2.05, 4.69) is 23.5 Å². The molecule has 2 unspecified atom stereocenters. The molecule has 1 heterocycles. The smallest absolute Gasteiger partial charge is 0.261 e. The fourth-order valence-electron chi connectivity index (χ4n) is 4.50. The molecule has 4 rings (SSSR count). The number of rotatable bonds is 9. The van der Waals surface area contributed by atoms with Crippen LogP contribution in [0.3, 0.4) is 0 Å². The number of amides is 2. The normalized spacial score (nSPS) is 15.7. The van der Waals surface area contributed by atoms with Gasteiger partial charge < -0.3 is 19.7 Å². The van der Waals surface area contributed by atoms with E-state index in [4.69, 9.17) is 9.47 Å². The van der Waals surface area contributed by atoms with Gasteiger partial charge in [-0.15, -0.1) is 0 Å². The molecule has 3 aromatic carbocycles. The van der Waals surface area contributed by atoms with E-state index in [0.29, 0.717) is 37.4 Å². The average molecular weight is 473 g/mol. The molecule has 6 nitrogen and oxygen atoms in total. The van der Waals surface area contributed by atoms with E-state index >= 15 is 0 Å². The Morgan fingerprint density at radius 3 is 2.43 bits per heavy atom. The van der Waals surface area contributed by atoms with Crippen LogP contribution in [0, 0.1) is 0 Å². The van der Waals surface area contributed by atoms with E-state index < -0.39 is 6.10 Å². The van der Waals surface area contributed by atoms with Gasteiger partial charge in [-0.2, -0.15) is 0 Å². The molecule has 0 fully saturated rings. The molecule has 1 N–H and O–H groups in total. The highest BCUT2D eigenvalue weighted by Crippen LogP contribution is 2.38. The number of benzene rings is 3. The molecule has 0 saturated heterocycles. The minimum Gasteiger partial charge on any atom is -0.481 e. The summed E-state index contributed by atoms with van der Waals surface area (Å²) in [6.07, 6.45) is 0.689. The largest absolute Gasteiger partial charge is 0.481 e. The summed E-state index contributed by atoms with van der Waals surface area (Å²) in [5.74, 6) is 0.454. The van der Waals surface area contributed by atoms with E-state index in [1.807, 2.05) is 72.5 Å². The number of carbonyl (C=O) groups is 2. The zero-order valence-corrected chi connectivity index (χ0v) is 20.3. The van der Waals surface area contributed by atoms with Crippen LogP contribution in [-0.4, -0.2) is 49.6 Å². The lowest BCUT2D eigenvalue weighted by molar-refractivity contribution is -0.128. The summed E-state index contributed by atoms with van der Waals surface area (Å²) in [5.41, 5.74) is 3.92. The molecule has 0 radical (unpaired) electrons. The molecule has 1 aliphatic heterocycles. The minimum absolute atomic E-state index is 0.000352. The average Bonchev–Trinajstić information content (AvgIpc) is 2.91. The number of nitrogens with one attached hydrogen (secondary N) is 1. The van der Waals surface area contributed by atoms with Gasteiger partial charge in [-0.05, 0) is 53.8 Å². The predicted octanol–water partition coefficient (Wildman–Crippen LogP) is 4.39. The highest BCUT2D eigenvalue weighted by Gasteiger charge is 2.33. The first-order valence-corrected chi connectivity index (χ1v) is 12.1. The Hall–Kier alpha value is -3.64. The first kappa shape index (κ1) is 24.5. The maximum Gasteiger partial charge on any atom is 0.261 e. The first-order valence-electron chi connectivity index (χ1n) is 12.1. The van der Waals surface area contributed by atoms with Crippen molar-refractivity contribution >= 4 is 11.8 Å². The van der Waals surface area contributed by atoms with Gasteiger partial charge in [-0.25, -0.2) is 0 Å². The van der Waals surface area contributed by atoms with Gasteiger partial charge in [0.15, 0.2) is 6.10 Å².